The Balaban J connectivity index is 2.19. The highest BCUT2D eigenvalue weighted by molar-refractivity contribution is 6.05. The number of halogens is 2. The van der Waals surface area contributed by atoms with Gasteiger partial charge in [-0.15, -0.1) is 0 Å². The number of nitrogens with zero attached hydrogens (tertiary/aromatic N) is 2. The van der Waals surface area contributed by atoms with E-state index in [4.69, 9.17) is 4.74 Å². The van der Waals surface area contributed by atoms with E-state index in [0.717, 1.165) is 0 Å². The molecule has 0 amide bonds. The third-order valence-corrected chi connectivity index (χ3v) is 2.98. The second-order valence-electron chi connectivity index (χ2n) is 4.56. The van der Waals surface area contributed by atoms with Crippen LogP contribution in [0.1, 0.15) is 23.0 Å². The number of ketones is 1. The van der Waals surface area contributed by atoms with Crippen LogP contribution < -0.4 is 9.47 Å². The highest BCUT2D eigenvalue weighted by Crippen LogP contribution is 2.30. The first kappa shape index (κ1) is 16.7. The Kier molecular flexibility index (Phi) is 5.46. The van der Waals surface area contributed by atoms with Gasteiger partial charge in [0.2, 0.25) is 5.78 Å². The summed E-state index contributed by atoms with van der Waals surface area (Å²) in [5.74, 6) is -0.0595. The standard InChI is InChI=1S/C16H16F2N2O3/c1-3-22-15-10-11(5-7-14(15)23-16(17)18)4-6-13(21)12-8-9-19-20(12)2/h4-10,16H,3H2,1-2H3/b6-4+. The number of benzene rings is 1. The van der Waals surface area contributed by atoms with Crippen LogP contribution in [-0.4, -0.2) is 28.8 Å². The lowest BCUT2D eigenvalue weighted by atomic mass is 10.1. The molecule has 0 aliphatic rings. The van der Waals surface area contributed by atoms with Gasteiger partial charge in [-0.1, -0.05) is 12.1 Å². The first-order valence-electron chi connectivity index (χ1n) is 6.93. The number of allylic oxidation sites excluding steroid dienone is 1. The molecule has 2 rings (SSSR count). The highest BCUT2D eigenvalue weighted by Gasteiger charge is 2.11. The maximum atomic E-state index is 12.3. The van der Waals surface area contributed by atoms with E-state index in [9.17, 15) is 13.6 Å². The molecule has 0 saturated heterocycles. The molecule has 122 valence electrons. The molecule has 0 aliphatic carbocycles. The summed E-state index contributed by atoms with van der Waals surface area (Å²) in [5, 5.41) is 3.92. The van der Waals surface area contributed by atoms with Crippen molar-refractivity contribution >= 4 is 11.9 Å². The Morgan fingerprint density at radius 3 is 2.74 bits per heavy atom. The maximum Gasteiger partial charge on any atom is 0.387 e. The fraction of sp³-hybridized carbons (Fsp3) is 0.250. The summed E-state index contributed by atoms with van der Waals surface area (Å²) < 4.78 is 35.8. The van der Waals surface area contributed by atoms with Crippen LogP contribution in [0.4, 0.5) is 8.78 Å². The number of aromatic nitrogens is 2. The largest absolute Gasteiger partial charge is 0.490 e. The Bertz CT molecular complexity index is 711. The molecule has 1 aromatic heterocycles. The zero-order valence-corrected chi connectivity index (χ0v) is 12.7. The lowest BCUT2D eigenvalue weighted by Crippen LogP contribution is -2.05. The van der Waals surface area contributed by atoms with E-state index in [2.05, 4.69) is 9.84 Å². The van der Waals surface area contributed by atoms with Gasteiger partial charge < -0.3 is 9.47 Å². The van der Waals surface area contributed by atoms with E-state index in [0.29, 0.717) is 17.9 Å². The number of hydrogen-bond acceptors (Lipinski definition) is 4. The first-order valence-corrected chi connectivity index (χ1v) is 6.93. The smallest absolute Gasteiger partial charge is 0.387 e. The fourth-order valence-corrected chi connectivity index (χ4v) is 1.96. The number of carbonyl (C=O) groups excluding carboxylic acids is 1. The SMILES string of the molecule is CCOc1cc(/C=C/C(=O)c2ccnn2C)ccc1OC(F)F. The topological polar surface area (TPSA) is 53.3 Å². The molecule has 1 aromatic carbocycles. The Hall–Kier alpha value is -2.70. The van der Waals surface area contributed by atoms with Gasteiger partial charge in [0, 0.05) is 13.2 Å². The molecule has 0 unspecified atom stereocenters. The van der Waals surface area contributed by atoms with Crippen molar-refractivity contribution in [3.63, 3.8) is 0 Å². The van der Waals surface area contributed by atoms with Crippen molar-refractivity contribution in [1.29, 1.82) is 0 Å². The van der Waals surface area contributed by atoms with Gasteiger partial charge >= 0.3 is 6.61 Å². The molecular weight excluding hydrogens is 306 g/mol. The molecular formula is C16H16F2N2O3. The quantitative estimate of drug-likeness (QED) is 0.580. The number of alkyl halides is 2. The van der Waals surface area contributed by atoms with E-state index in [1.165, 1.54) is 29.1 Å². The molecule has 0 fully saturated rings. The van der Waals surface area contributed by atoms with Crippen LogP contribution in [0.2, 0.25) is 0 Å². The van der Waals surface area contributed by atoms with Crippen LogP contribution in [0.15, 0.2) is 36.5 Å². The van der Waals surface area contributed by atoms with Crippen molar-refractivity contribution < 1.29 is 23.0 Å². The summed E-state index contributed by atoms with van der Waals surface area (Å²) in [7, 11) is 1.67. The van der Waals surface area contributed by atoms with Gasteiger partial charge in [-0.3, -0.25) is 9.48 Å². The second-order valence-corrected chi connectivity index (χ2v) is 4.56. The number of hydrogen-bond donors (Lipinski definition) is 0. The maximum absolute atomic E-state index is 12.3. The van der Waals surface area contributed by atoms with Gasteiger partial charge in [0.25, 0.3) is 0 Å². The Morgan fingerprint density at radius 2 is 2.13 bits per heavy atom. The van der Waals surface area contributed by atoms with Crippen molar-refractivity contribution in [3.05, 3.63) is 47.8 Å². The lowest BCUT2D eigenvalue weighted by Gasteiger charge is -2.11. The fourth-order valence-electron chi connectivity index (χ4n) is 1.96. The van der Waals surface area contributed by atoms with Crippen molar-refractivity contribution in [3.8, 4) is 11.5 Å². The van der Waals surface area contributed by atoms with Crippen LogP contribution >= 0.6 is 0 Å². The normalized spacial score (nSPS) is 11.2. The average molecular weight is 322 g/mol. The lowest BCUT2D eigenvalue weighted by molar-refractivity contribution is -0.0514. The summed E-state index contributed by atoms with van der Waals surface area (Å²) in [4.78, 5) is 12.0. The Labute approximate surface area is 132 Å². The molecule has 0 N–H and O–H groups in total. The summed E-state index contributed by atoms with van der Waals surface area (Å²) in [5.41, 5.74) is 1.08. The monoisotopic (exact) mass is 322 g/mol. The molecule has 1 heterocycles. The molecule has 0 radical (unpaired) electrons. The molecule has 0 spiro atoms. The van der Waals surface area contributed by atoms with Gasteiger partial charge in [0.15, 0.2) is 11.5 Å². The van der Waals surface area contributed by atoms with Gasteiger partial charge in [-0.05, 0) is 36.8 Å². The highest BCUT2D eigenvalue weighted by atomic mass is 19.3. The predicted octanol–water partition coefficient (Wildman–Crippen LogP) is 3.32. The van der Waals surface area contributed by atoms with E-state index in [1.807, 2.05) is 0 Å². The third-order valence-electron chi connectivity index (χ3n) is 2.98. The van der Waals surface area contributed by atoms with E-state index in [1.54, 1.807) is 32.2 Å². The molecule has 7 heteroatoms. The van der Waals surface area contributed by atoms with Crippen molar-refractivity contribution in [2.75, 3.05) is 6.61 Å². The van der Waals surface area contributed by atoms with Crippen molar-refractivity contribution in [2.45, 2.75) is 13.5 Å². The van der Waals surface area contributed by atoms with E-state index in [-0.39, 0.29) is 17.3 Å². The van der Waals surface area contributed by atoms with Crippen LogP contribution in [0.5, 0.6) is 11.5 Å². The van der Waals surface area contributed by atoms with Gasteiger partial charge in [-0.25, -0.2) is 0 Å². The average Bonchev–Trinajstić information content (AvgIpc) is 2.93. The minimum Gasteiger partial charge on any atom is -0.490 e. The predicted molar refractivity (Wildman–Crippen MR) is 80.8 cm³/mol. The molecule has 23 heavy (non-hydrogen) atoms. The summed E-state index contributed by atoms with van der Waals surface area (Å²) in [6.07, 6.45) is 4.49. The van der Waals surface area contributed by atoms with E-state index < -0.39 is 6.61 Å². The summed E-state index contributed by atoms with van der Waals surface area (Å²) in [6.45, 7) is -0.886. The van der Waals surface area contributed by atoms with E-state index >= 15 is 0 Å². The molecule has 2 aromatic rings. The van der Waals surface area contributed by atoms with Crippen LogP contribution in [0.3, 0.4) is 0 Å². The zero-order valence-electron chi connectivity index (χ0n) is 12.7. The minimum absolute atomic E-state index is 0.0445. The summed E-state index contributed by atoms with van der Waals surface area (Å²) in [6, 6.07) is 6.09. The number of rotatable bonds is 7. The van der Waals surface area contributed by atoms with Crippen LogP contribution in [0, 0.1) is 0 Å². The Morgan fingerprint density at radius 1 is 1.35 bits per heavy atom. The third kappa shape index (κ3) is 4.38. The molecule has 0 bridgehead atoms. The minimum atomic E-state index is -2.93. The molecule has 0 saturated carbocycles. The van der Waals surface area contributed by atoms with Crippen LogP contribution in [0.25, 0.3) is 6.08 Å². The number of aryl methyl sites for hydroxylation is 1. The van der Waals surface area contributed by atoms with Crippen molar-refractivity contribution in [1.82, 2.24) is 9.78 Å². The second kappa shape index (κ2) is 7.53. The van der Waals surface area contributed by atoms with Gasteiger partial charge in [0.05, 0.1) is 6.61 Å². The molecule has 0 atom stereocenters. The molecule has 0 aliphatic heterocycles. The summed E-state index contributed by atoms with van der Waals surface area (Å²) >= 11 is 0. The first-order chi connectivity index (χ1) is 11.0. The van der Waals surface area contributed by atoms with Gasteiger partial charge in [0.1, 0.15) is 5.69 Å². The zero-order chi connectivity index (χ0) is 16.8. The molecule has 5 nitrogen and oxygen atoms in total. The van der Waals surface area contributed by atoms with Crippen molar-refractivity contribution in [2.24, 2.45) is 7.05 Å². The number of carbonyl (C=O) groups is 1. The number of ether oxygens (including phenoxy) is 2. The van der Waals surface area contributed by atoms with Crippen LogP contribution in [-0.2, 0) is 7.05 Å². The van der Waals surface area contributed by atoms with Gasteiger partial charge in [-0.2, -0.15) is 13.9 Å².